The summed E-state index contributed by atoms with van der Waals surface area (Å²) in [5.41, 5.74) is 0.275. The Labute approximate surface area is 119 Å². The van der Waals surface area contributed by atoms with Crippen LogP contribution in [0.3, 0.4) is 0 Å². The van der Waals surface area contributed by atoms with Gasteiger partial charge in [0.1, 0.15) is 0 Å². The van der Waals surface area contributed by atoms with Crippen molar-refractivity contribution >= 4 is 11.7 Å². The molecular formula is C13H11N3O5. The van der Waals surface area contributed by atoms with E-state index >= 15 is 0 Å². The summed E-state index contributed by atoms with van der Waals surface area (Å²) in [5, 5.41) is 19.9. The van der Waals surface area contributed by atoms with E-state index in [2.05, 4.69) is 9.97 Å². The Morgan fingerprint density at radius 3 is 2.81 bits per heavy atom. The van der Waals surface area contributed by atoms with Gasteiger partial charge in [-0.05, 0) is 18.1 Å². The molecule has 2 rings (SSSR count). The van der Waals surface area contributed by atoms with Crippen LogP contribution in [0.15, 0.2) is 30.6 Å². The molecule has 8 nitrogen and oxygen atoms in total. The van der Waals surface area contributed by atoms with Gasteiger partial charge in [0.25, 0.3) is 0 Å². The van der Waals surface area contributed by atoms with Crippen LogP contribution in [0.1, 0.15) is 23.0 Å². The maximum absolute atomic E-state index is 11.1. The zero-order chi connectivity index (χ0) is 15.4. The number of rotatable bonds is 5. The first-order valence-corrected chi connectivity index (χ1v) is 6.01. The Balaban J connectivity index is 2.37. The first-order valence-electron chi connectivity index (χ1n) is 6.01. The van der Waals surface area contributed by atoms with Gasteiger partial charge in [-0.2, -0.15) is 0 Å². The highest BCUT2D eigenvalue weighted by Gasteiger charge is 2.17. The molecule has 1 heterocycles. The van der Waals surface area contributed by atoms with Crippen LogP contribution in [0.25, 0.3) is 0 Å². The Bertz CT molecular complexity index is 702. The highest BCUT2D eigenvalue weighted by Crippen LogP contribution is 2.31. The summed E-state index contributed by atoms with van der Waals surface area (Å²) >= 11 is 0. The summed E-state index contributed by atoms with van der Waals surface area (Å²) < 4.78 is 5.28. The predicted molar refractivity (Wildman–Crippen MR) is 71.5 cm³/mol. The molecule has 21 heavy (non-hydrogen) atoms. The lowest BCUT2D eigenvalue weighted by molar-refractivity contribution is -0.385. The molecule has 2 aromatic rings. The normalized spacial score (nSPS) is 10.1. The third-order valence-corrected chi connectivity index (χ3v) is 2.67. The standard InChI is InChI=1S/C13H11N3O5/c1-2-8-3-4-11(10(5-8)16(19)20)21-12-7-14-6-9(15-12)13(17)18/h3-7H,2H2,1H3,(H,17,18). The summed E-state index contributed by atoms with van der Waals surface area (Å²) in [4.78, 5) is 28.7. The fraction of sp³-hybridized carbons (Fsp3) is 0.154. The first kappa shape index (κ1) is 14.4. The molecule has 0 fully saturated rings. The number of aromatic nitrogens is 2. The molecule has 0 aliphatic heterocycles. The molecule has 1 aromatic carbocycles. The Morgan fingerprint density at radius 2 is 2.19 bits per heavy atom. The van der Waals surface area contributed by atoms with Gasteiger partial charge in [0, 0.05) is 6.07 Å². The number of nitro benzene ring substituents is 1. The molecule has 8 heteroatoms. The number of nitrogens with zero attached hydrogens (tertiary/aromatic N) is 3. The summed E-state index contributed by atoms with van der Waals surface area (Å²) in [6.45, 7) is 1.88. The SMILES string of the molecule is CCc1ccc(Oc2cncc(C(=O)O)n2)c([N+](=O)[O-])c1. The Hall–Kier alpha value is -3.03. The number of benzene rings is 1. The number of carboxylic acid groups (broad SMARTS) is 1. The molecule has 0 unspecified atom stereocenters. The molecular weight excluding hydrogens is 278 g/mol. The zero-order valence-corrected chi connectivity index (χ0v) is 11.0. The summed E-state index contributed by atoms with van der Waals surface area (Å²) in [6, 6.07) is 4.55. The van der Waals surface area contributed by atoms with E-state index < -0.39 is 10.9 Å². The highest BCUT2D eigenvalue weighted by molar-refractivity contribution is 5.84. The second-order valence-electron chi connectivity index (χ2n) is 4.06. The number of nitro groups is 1. The highest BCUT2D eigenvalue weighted by atomic mass is 16.6. The number of hydrogen-bond acceptors (Lipinski definition) is 6. The minimum absolute atomic E-state index is 0.0194. The van der Waals surface area contributed by atoms with Crippen LogP contribution in [-0.2, 0) is 6.42 Å². The molecule has 0 saturated carbocycles. The van der Waals surface area contributed by atoms with Gasteiger partial charge in [0.05, 0.1) is 17.3 Å². The molecule has 0 aliphatic carbocycles. The van der Waals surface area contributed by atoms with Crippen LogP contribution >= 0.6 is 0 Å². The van der Waals surface area contributed by atoms with Gasteiger partial charge in [-0.25, -0.2) is 9.78 Å². The Morgan fingerprint density at radius 1 is 1.43 bits per heavy atom. The maximum atomic E-state index is 11.1. The van der Waals surface area contributed by atoms with E-state index in [9.17, 15) is 14.9 Å². The molecule has 1 aromatic heterocycles. The van der Waals surface area contributed by atoms with Crippen molar-refractivity contribution in [2.75, 3.05) is 0 Å². The molecule has 0 aliphatic rings. The molecule has 1 N–H and O–H groups in total. The van der Waals surface area contributed by atoms with E-state index in [-0.39, 0.29) is 23.0 Å². The number of hydrogen-bond donors (Lipinski definition) is 1. The molecule has 0 radical (unpaired) electrons. The second kappa shape index (κ2) is 5.95. The number of carbonyl (C=O) groups is 1. The van der Waals surface area contributed by atoms with Crippen molar-refractivity contribution in [3.8, 4) is 11.6 Å². The molecule has 0 spiro atoms. The molecule has 108 valence electrons. The number of carboxylic acids is 1. The summed E-state index contributed by atoms with van der Waals surface area (Å²) in [6.07, 6.45) is 2.89. The van der Waals surface area contributed by atoms with Crippen molar-refractivity contribution in [3.05, 3.63) is 52.0 Å². The number of aromatic carboxylic acids is 1. The minimum atomic E-state index is -1.26. The second-order valence-corrected chi connectivity index (χ2v) is 4.06. The van der Waals surface area contributed by atoms with Crippen LogP contribution < -0.4 is 4.74 Å². The van der Waals surface area contributed by atoms with Gasteiger partial charge in [0.15, 0.2) is 5.69 Å². The minimum Gasteiger partial charge on any atom is -0.476 e. The fourth-order valence-electron chi connectivity index (χ4n) is 1.62. The van der Waals surface area contributed by atoms with Crippen molar-refractivity contribution in [3.63, 3.8) is 0 Å². The van der Waals surface area contributed by atoms with Crippen molar-refractivity contribution in [2.45, 2.75) is 13.3 Å². The fourth-order valence-corrected chi connectivity index (χ4v) is 1.62. The van der Waals surface area contributed by atoms with Crippen molar-refractivity contribution in [1.29, 1.82) is 0 Å². The van der Waals surface area contributed by atoms with Gasteiger partial charge in [-0.15, -0.1) is 0 Å². The van der Waals surface area contributed by atoms with E-state index in [4.69, 9.17) is 9.84 Å². The van der Waals surface area contributed by atoms with Gasteiger partial charge in [0.2, 0.25) is 11.6 Å². The van der Waals surface area contributed by atoms with E-state index in [1.807, 2.05) is 6.92 Å². The van der Waals surface area contributed by atoms with Gasteiger partial charge >= 0.3 is 11.7 Å². The van der Waals surface area contributed by atoms with Gasteiger partial charge < -0.3 is 9.84 Å². The third kappa shape index (κ3) is 3.30. The molecule has 0 saturated heterocycles. The maximum Gasteiger partial charge on any atom is 0.356 e. The van der Waals surface area contributed by atoms with Gasteiger partial charge in [-0.1, -0.05) is 13.0 Å². The topological polar surface area (TPSA) is 115 Å². The Kier molecular flexibility index (Phi) is 4.07. The van der Waals surface area contributed by atoms with Gasteiger partial charge in [-0.3, -0.25) is 15.1 Å². The van der Waals surface area contributed by atoms with Crippen LogP contribution in [0.2, 0.25) is 0 Å². The third-order valence-electron chi connectivity index (χ3n) is 2.67. The quantitative estimate of drug-likeness (QED) is 0.663. The lowest BCUT2D eigenvalue weighted by Crippen LogP contribution is -2.03. The summed E-state index contributed by atoms with van der Waals surface area (Å²) in [5.74, 6) is -1.40. The lowest BCUT2D eigenvalue weighted by atomic mass is 10.1. The summed E-state index contributed by atoms with van der Waals surface area (Å²) in [7, 11) is 0. The van der Waals surface area contributed by atoms with Crippen molar-refractivity contribution in [2.24, 2.45) is 0 Å². The largest absolute Gasteiger partial charge is 0.476 e. The smallest absolute Gasteiger partial charge is 0.356 e. The van der Waals surface area contributed by atoms with Crippen LogP contribution in [0.5, 0.6) is 11.6 Å². The van der Waals surface area contributed by atoms with Crippen LogP contribution in [-0.4, -0.2) is 26.0 Å². The van der Waals surface area contributed by atoms with E-state index in [0.717, 1.165) is 11.8 Å². The van der Waals surface area contributed by atoms with Crippen LogP contribution in [0.4, 0.5) is 5.69 Å². The van der Waals surface area contributed by atoms with E-state index in [0.29, 0.717) is 6.42 Å². The van der Waals surface area contributed by atoms with E-state index in [1.54, 1.807) is 6.07 Å². The van der Waals surface area contributed by atoms with Crippen LogP contribution in [0, 0.1) is 10.1 Å². The first-order chi connectivity index (χ1) is 10.0. The average Bonchev–Trinajstić information content (AvgIpc) is 2.47. The van der Waals surface area contributed by atoms with Crippen molar-refractivity contribution in [1.82, 2.24) is 9.97 Å². The predicted octanol–water partition coefficient (Wildman–Crippen LogP) is 2.44. The monoisotopic (exact) mass is 289 g/mol. The average molecular weight is 289 g/mol. The molecule has 0 atom stereocenters. The zero-order valence-electron chi connectivity index (χ0n) is 11.0. The molecule has 0 bridgehead atoms. The van der Waals surface area contributed by atoms with E-state index in [1.165, 1.54) is 18.3 Å². The molecule has 0 amide bonds. The lowest BCUT2D eigenvalue weighted by Gasteiger charge is -2.06. The number of ether oxygens (including phenoxy) is 1. The number of aryl methyl sites for hydroxylation is 1. The van der Waals surface area contributed by atoms with Crippen molar-refractivity contribution < 1.29 is 19.6 Å².